The van der Waals surface area contributed by atoms with Crippen LogP contribution < -0.4 is 0 Å². The Morgan fingerprint density at radius 2 is 1.83 bits per heavy atom. The van der Waals surface area contributed by atoms with Gasteiger partial charge in [-0.3, -0.25) is 4.79 Å². The number of carbonyl (C=O) groups is 1. The quantitative estimate of drug-likeness (QED) is 0.716. The average molecular weight is 244 g/mol. The van der Waals surface area contributed by atoms with Crippen LogP contribution in [0, 0.1) is 51.7 Å². The molecule has 0 heterocycles. The predicted octanol–water partition coefficient (Wildman–Crippen LogP) is 3.09. The van der Waals surface area contributed by atoms with Gasteiger partial charge < -0.3 is 0 Å². The van der Waals surface area contributed by atoms with Gasteiger partial charge in [0.1, 0.15) is 6.29 Å². The van der Waals surface area contributed by atoms with E-state index in [1.807, 2.05) is 33.8 Å². The summed E-state index contributed by atoms with van der Waals surface area (Å²) >= 11 is 0. The second kappa shape index (κ2) is 5.36. The first-order valence-corrected chi connectivity index (χ1v) is 6.42. The molecule has 0 bridgehead atoms. The molecule has 0 unspecified atom stereocenters. The van der Waals surface area contributed by atoms with Crippen LogP contribution in [0.2, 0.25) is 0 Å². The van der Waals surface area contributed by atoms with Crippen LogP contribution in [0.25, 0.3) is 0 Å². The summed E-state index contributed by atoms with van der Waals surface area (Å²) in [6.07, 6.45) is 3.36. The zero-order valence-corrected chi connectivity index (χ0v) is 11.5. The van der Waals surface area contributed by atoms with Gasteiger partial charge in [0.15, 0.2) is 5.41 Å². The van der Waals surface area contributed by atoms with Gasteiger partial charge in [-0.15, -0.1) is 0 Å². The Bertz CT molecular complexity index is 420. The number of hydrogen-bond donors (Lipinski definition) is 0. The highest BCUT2D eigenvalue weighted by Crippen LogP contribution is 2.50. The fourth-order valence-electron chi connectivity index (χ4n) is 3.23. The minimum absolute atomic E-state index is 0.0106. The molecule has 0 aliphatic heterocycles. The van der Waals surface area contributed by atoms with Crippen molar-refractivity contribution in [2.45, 2.75) is 34.1 Å². The summed E-state index contributed by atoms with van der Waals surface area (Å²) in [4.78, 5) is 11.2. The fraction of sp³-hybridized carbons (Fsp3) is 0.667. The first-order valence-electron chi connectivity index (χ1n) is 6.42. The maximum Gasteiger partial charge on any atom is 0.154 e. The maximum atomic E-state index is 11.2. The van der Waals surface area contributed by atoms with Crippen molar-refractivity contribution in [3.8, 4) is 12.1 Å². The van der Waals surface area contributed by atoms with E-state index in [-0.39, 0.29) is 23.7 Å². The van der Waals surface area contributed by atoms with Gasteiger partial charge in [0.05, 0.1) is 12.1 Å². The first-order chi connectivity index (χ1) is 8.44. The molecule has 3 heteroatoms. The summed E-state index contributed by atoms with van der Waals surface area (Å²) in [7, 11) is 0. The van der Waals surface area contributed by atoms with Crippen molar-refractivity contribution in [1.82, 2.24) is 0 Å². The molecular weight excluding hydrogens is 224 g/mol. The van der Waals surface area contributed by atoms with E-state index < -0.39 is 5.41 Å². The van der Waals surface area contributed by atoms with Gasteiger partial charge in [-0.05, 0) is 29.7 Å². The molecule has 3 nitrogen and oxygen atoms in total. The smallest absolute Gasteiger partial charge is 0.154 e. The Kier molecular flexibility index (Phi) is 4.30. The molecule has 0 saturated carbocycles. The minimum atomic E-state index is -1.08. The van der Waals surface area contributed by atoms with Crippen LogP contribution in [0.5, 0.6) is 0 Å². The van der Waals surface area contributed by atoms with E-state index in [1.54, 1.807) is 0 Å². The molecule has 1 rings (SSSR count). The van der Waals surface area contributed by atoms with E-state index in [4.69, 9.17) is 0 Å². The topological polar surface area (TPSA) is 64.7 Å². The van der Waals surface area contributed by atoms with Crippen LogP contribution in [0.1, 0.15) is 34.1 Å². The van der Waals surface area contributed by atoms with Crippen molar-refractivity contribution in [2.24, 2.45) is 29.1 Å². The third-order valence-corrected chi connectivity index (χ3v) is 4.02. The Labute approximate surface area is 109 Å². The molecule has 1 aliphatic rings. The Morgan fingerprint density at radius 3 is 2.17 bits per heavy atom. The van der Waals surface area contributed by atoms with Crippen LogP contribution in [-0.2, 0) is 4.79 Å². The third-order valence-electron chi connectivity index (χ3n) is 4.02. The fourth-order valence-corrected chi connectivity index (χ4v) is 3.23. The largest absolute Gasteiger partial charge is 0.298 e. The Morgan fingerprint density at radius 1 is 1.28 bits per heavy atom. The van der Waals surface area contributed by atoms with Crippen LogP contribution in [-0.4, -0.2) is 6.29 Å². The number of rotatable bonds is 3. The van der Waals surface area contributed by atoms with E-state index in [9.17, 15) is 15.3 Å². The number of nitrogens with zero attached hydrogens (tertiary/aromatic N) is 2. The highest BCUT2D eigenvalue weighted by Gasteiger charge is 2.52. The lowest BCUT2D eigenvalue weighted by atomic mass is 9.56. The number of nitriles is 2. The van der Waals surface area contributed by atoms with Crippen LogP contribution in [0.4, 0.5) is 0 Å². The van der Waals surface area contributed by atoms with E-state index in [2.05, 4.69) is 12.1 Å². The predicted molar refractivity (Wildman–Crippen MR) is 69.1 cm³/mol. The molecule has 0 spiro atoms. The zero-order valence-electron chi connectivity index (χ0n) is 11.5. The van der Waals surface area contributed by atoms with Gasteiger partial charge in [-0.25, -0.2) is 0 Å². The molecule has 0 radical (unpaired) electrons. The molecule has 96 valence electrons. The second-order valence-electron chi connectivity index (χ2n) is 5.72. The van der Waals surface area contributed by atoms with Crippen molar-refractivity contribution >= 4 is 6.29 Å². The van der Waals surface area contributed by atoms with Crippen LogP contribution in [0.15, 0.2) is 11.6 Å². The standard InChI is InChI=1S/C15H20N2O/c1-10(2)13-6-5-12(7-18)14(11(3)4)15(13,8-16)9-17/h5,7,10-11,13-14H,6H2,1-4H3/t13-,14+/m0/s1. The molecule has 0 aromatic heterocycles. The number of hydrogen-bond acceptors (Lipinski definition) is 3. The second-order valence-corrected chi connectivity index (χ2v) is 5.72. The van der Waals surface area contributed by atoms with Crippen molar-refractivity contribution in [3.05, 3.63) is 11.6 Å². The summed E-state index contributed by atoms with van der Waals surface area (Å²) in [5.41, 5.74) is -0.460. The van der Waals surface area contributed by atoms with Gasteiger partial charge in [-0.2, -0.15) is 10.5 Å². The first kappa shape index (κ1) is 14.5. The van der Waals surface area contributed by atoms with Crippen LogP contribution in [0.3, 0.4) is 0 Å². The summed E-state index contributed by atoms with van der Waals surface area (Å²) in [5, 5.41) is 19.2. The molecule has 1 aliphatic carbocycles. The molecule has 0 aromatic rings. The van der Waals surface area contributed by atoms with E-state index >= 15 is 0 Å². The van der Waals surface area contributed by atoms with Gasteiger partial charge in [0, 0.05) is 5.92 Å². The van der Waals surface area contributed by atoms with Crippen molar-refractivity contribution < 1.29 is 4.79 Å². The van der Waals surface area contributed by atoms with E-state index in [1.165, 1.54) is 0 Å². The van der Waals surface area contributed by atoms with Crippen molar-refractivity contribution in [2.75, 3.05) is 0 Å². The molecule has 0 aromatic carbocycles. The molecule has 0 N–H and O–H groups in total. The third kappa shape index (κ3) is 2.06. The normalized spacial score (nSPS) is 26.3. The maximum absolute atomic E-state index is 11.2. The molecule has 0 amide bonds. The monoisotopic (exact) mass is 244 g/mol. The SMILES string of the molecule is CC(C)[C@@H]1CC=C(C=O)[C@@H](C(C)C)C1(C#N)C#N. The van der Waals surface area contributed by atoms with Crippen molar-refractivity contribution in [3.63, 3.8) is 0 Å². The van der Waals surface area contributed by atoms with Gasteiger partial charge in [-0.1, -0.05) is 33.8 Å². The number of aldehydes is 1. The summed E-state index contributed by atoms with van der Waals surface area (Å²) in [6.45, 7) is 8.00. The zero-order chi connectivity index (χ0) is 13.9. The van der Waals surface area contributed by atoms with Gasteiger partial charge in [0.25, 0.3) is 0 Å². The molecule has 18 heavy (non-hydrogen) atoms. The summed E-state index contributed by atoms with van der Waals surface area (Å²) < 4.78 is 0. The lowest BCUT2D eigenvalue weighted by molar-refractivity contribution is -0.106. The number of allylic oxidation sites excluding steroid dienone is 2. The summed E-state index contributed by atoms with van der Waals surface area (Å²) in [6, 6.07) is 4.47. The highest BCUT2D eigenvalue weighted by atomic mass is 16.1. The Hall–Kier alpha value is -1.61. The van der Waals surface area contributed by atoms with Gasteiger partial charge in [0.2, 0.25) is 0 Å². The van der Waals surface area contributed by atoms with Crippen LogP contribution >= 0.6 is 0 Å². The van der Waals surface area contributed by atoms with Gasteiger partial charge >= 0.3 is 0 Å². The van der Waals surface area contributed by atoms with Crippen molar-refractivity contribution in [1.29, 1.82) is 10.5 Å². The molecular formula is C15H20N2O. The summed E-state index contributed by atoms with van der Waals surface area (Å²) in [5.74, 6) is 0.0482. The lowest BCUT2D eigenvalue weighted by Crippen LogP contribution is -2.44. The molecule has 0 fully saturated rings. The minimum Gasteiger partial charge on any atom is -0.298 e. The highest BCUT2D eigenvalue weighted by molar-refractivity contribution is 5.75. The molecule has 2 atom stereocenters. The average Bonchev–Trinajstić information content (AvgIpc) is 2.35. The lowest BCUT2D eigenvalue weighted by Gasteiger charge is -2.43. The Balaban J connectivity index is 3.43. The molecule has 0 saturated heterocycles. The number of carbonyl (C=O) groups excluding carboxylic acids is 1. The van der Waals surface area contributed by atoms with E-state index in [0.29, 0.717) is 12.0 Å². The van der Waals surface area contributed by atoms with E-state index in [0.717, 1.165) is 6.29 Å².